The molecule has 125 heavy (non-hydrogen) atoms. The van der Waals surface area contributed by atoms with Crippen molar-refractivity contribution in [2.45, 2.75) is 499 Å². The van der Waals surface area contributed by atoms with Gasteiger partial charge in [-0.25, -0.2) is 0 Å². The van der Waals surface area contributed by atoms with Crippen LogP contribution in [0.5, 0.6) is 0 Å². The molecule has 0 aliphatic carbocycles. The molecule has 0 saturated carbocycles. The molecule has 15 nitrogen and oxygen atoms in total. The third kappa shape index (κ3) is 52.6. The molecule has 0 aromatic heterocycles. The zero-order valence-corrected chi connectivity index (χ0v) is 104. The Morgan fingerprint density at radius 3 is 0.416 bits per heavy atom. The first-order valence-electron chi connectivity index (χ1n) is 50.8. The quantitative estimate of drug-likeness (QED) is 0.0421. The monoisotopic (exact) mass is 1980 g/mol. The molecule has 27 heteroatoms. The Labute approximate surface area is 792 Å². The SMILES string of the molecule is CC(C)(C)[Si](C)(C)OCCC[Si](C)(CCCOCC(COCCOCCOCC(COCCC[Si](C)(CCCO[Si](C)(C)C(C)(C)C)CCCO[Si](C)(C)C(C)(C)C)OCCC[Si](C)(CCCO[Si](C)(C)C(C)(C)C)CCCO[Si](C)(C)C(C)(C)C)OCCC[Si](C)(CCCO[Si](C)(C)C(C)(C)C)CCCO[Si](C)(C)C(C)(C)C)CCCO[Si](C)(C)C(C)(C)C. The van der Waals surface area contributed by atoms with E-state index in [2.05, 4.69) is 297 Å². The summed E-state index contributed by atoms with van der Waals surface area (Å²) in [4.78, 5) is 0. The van der Waals surface area contributed by atoms with E-state index in [0.29, 0.717) is 66.1 Å². The van der Waals surface area contributed by atoms with Crippen molar-refractivity contribution in [1.29, 1.82) is 0 Å². The highest BCUT2D eigenvalue weighted by Crippen LogP contribution is 2.45. The standard InChI is InChI=1S/C98H222O15Si12/c1-91(2,3)114(25,26)106-61-49-77-122(41,78-50-62-107-115(27,28)92(4,5)6)73-45-57-100-85-89(104-59-47-75-124(43,81-53-65-110-118(33,34)95(13,14)15)82-54-66-111-119(35,36)96(16,17)18)87-102-71-69-99-70-72-103-88-90(105-60-48-76-125(44,83-55-67-112-120(37,38)97(19,20)21)84-56-68-113-121(39,40)98(22,23)24)86-101-58-46-74-123(42,79-51-63-108-116(29,30)93(7,8)9)80-52-64-109-117(31,32)94(10,11)12/h89-90H,45-88H2,1-44H3. The molecular weight excluding hydrogens is 1750 g/mol. The molecule has 2 unspecified atom stereocenters. The summed E-state index contributed by atoms with van der Waals surface area (Å²) in [6.45, 7) is 119. The van der Waals surface area contributed by atoms with Crippen molar-refractivity contribution in [3.63, 3.8) is 0 Å². The van der Waals surface area contributed by atoms with Gasteiger partial charge in [-0.1, -0.05) is 265 Å². The Hall–Kier alpha value is 2.00. The summed E-state index contributed by atoms with van der Waals surface area (Å²) in [6, 6.07) is 15.0. The van der Waals surface area contributed by atoms with Crippen LogP contribution in [0, 0.1) is 0 Å². The first-order valence-corrected chi connectivity index (χ1v) is 86.5. The van der Waals surface area contributed by atoms with Crippen LogP contribution >= 0.6 is 0 Å². The number of hydrogen-bond donors (Lipinski definition) is 0. The Bertz CT molecular complexity index is 2470. The third-order valence-corrected chi connectivity index (χ3v) is 87.2. The average Bonchev–Trinajstić information content (AvgIpc) is 0.861. The predicted molar refractivity (Wildman–Crippen MR) is 578 cm³/mol. The van der Waals surface area contributed by atoms with Gasteiger partial charge in [0, 0.05) is 79.3 Å². The lowest BCUT2D eigenvalue weighted by atomic mass is 10.2. The minimum atomic E-state index is -1.84. The summed E-state index contributed by atoms with van der Waals surface area (Å²) in [5.41, 5.74) is 0. The Kier molecular flexibility index (Phi) is 57.2. The summed E-state index contributed by atoms with van der Waals surface area (Å²) < 4.78 is 101. The van der Waals surface area contributed by atoms with Crippen molar-refractivity contribution in [2.24, 2.45) is 0 Å². The van der Waals surface area contributed by atoms with Crippen LogP contribution in [-0.2, 0) is 68.6 Å². The van der Waals surface area contributed by atoms with Gasteiger partial charge in [-0.2, -0.15) is 0 Å². The Balaban J connectivity index is 6.87. The van der Waals surface area contributed by atoms with Crippen LogP contribution in [0.25, 0.3) is 0 Å². The van der Waals surface area contributed by atoms with Gasteiger partial charge in [0.1, 0.15) is 12.2 Å². The van der Waals surface area contributed by atoms with Crippen LogP contribution in [0.4, 0.5) is 0 Å². The lowest BCUT2D eigenvalue weighted by Gasteiger charge is -2.37. The predicted octanol–water partition coefficient (Wildman–Crippen LogP) is 31.0. The van der Waals surface area contributed by atoms with E-state index >= 15 is 0 Å². The van der Waals surface area contributed by atoms with E-state index in [4.69, 9.17) is 68.6 Å². The number of hydrogen-bond acceptors (Lipinski definition) is 15. The number of rotatable bonds is 72. The van der Waals surface area contributed by atoms with Crippen molar-refractivity contribution < 1.29 is 68.6 Å². The fourth-order valence-corrected chi connectivity index (χ4v) is 37.7. The maximum Gasteiger partial charge on any atom is 0.191 e. The molecule has 0 aliphatic heterocycles. The van der Waals surface area contributed by atoms with Crippen molar-refractivity contribution in [2.75, 3.05) is 132 Å². The minimum Gasteiger partial charge on any atom is -0.417 e. The van der Waals surface area contributed by atoms with E-state index in [1.165, 1.54) is 72.5 Å². The first kappa shape index (κ1) is 127. The van der Waals surface area contributed by atoms with Crippen molar-refractivity contribution in [3.8, 4) is 0 Å². The van der Waals surface area contributed by atoms with Gasteiger partial charge in [0.2, 0.25) is 0 Å². The molecular formula is C98H222O15Si12. The molecule has 0 aliphatic rings. The van der Waals surface area contributed by atoms with E-state index in [0.717, 1.165) is 143 Å². The molecule has 0 saturated heterocycles. The fourth-order valence-electron chi connectivity index (χ4n) is 14.0. The molecule has 0 aromatic rings. The van der Waals surface area contributed by atoms with Gasteiger partial charge in [0.15, 0.2) is 66.5 Å². The number of ether oxygens (including phenoxy) is 7. The van der Waals surface area contributed by atoms with Crippen LogP contribution in [-0.4, -0.2) is 243 Å². The molecule has 0 bridgehead atoms. The normalized spacial score (nSPS) is 15.3. The molecule has 752 valence electrons. The zero-order chi connectivity index (χ0) is 96.9. The zero-order valence-electron chi connectivity index (χ0n) is 92.4. The molecule has 2 atom stereocenters. The Morgan fingerprint density at radius 1 is 0.152 bits per heavy atom. The summed E-state index contributed by atoms with van der Waals surface area (Å²) in [5, 5.41) is 1.61. The molecule has 0 spiro atoms. The van der Waals surface area contributed by atoms with E-state index < -0.39 is 98.8 Å². The molecule has 0 radical (unpaired) electrons. The summed E-state index contributed by atoms with van der Waals surface area (Å²) >= 11 is 0. The van der Waals surface area contributed by atoms with Gasteiger partial charge in [-0.15, -0.1) is 0 Å². The fraction of sp³-hybridized carbons (Fsp3) is 1.00. The highest BCUT2D eigenvalue weighted by molar-refractivity contribution is 6.81. The van der Waals surface area contributed by atoms with Gasteiger partial charge in [0.05, 0.1) is 85.2 Å². The highest BCUT2D eigenvalue weighted by Gasteiger charge is 2.45. The van der Waals surface area contributed by atoms with Crippen molar-refractivity contribution >= 4 is 98.8 Å². The van der Waals surface area contributed by atoms with Crippen LogP contribution < -0.4 is 0 Å². The highest BCUT2D eigenvalue weighted by atomic mass is 28.4. The van der Waals surface area contributed by atoms with E-state index in [1.807, 2.05) is 0 Å². The van der Waals surface area contributed by atoms with E-state index in [9.17, 15) is 0 Å². The maximum absolute atomic E-state index is 6.90. The summed E-state index contributed by atoms with van der Waals surface area (Å²) in [6.07, 6.45) is 12.8. The third-order valence-electron chi connectivity index (χ3n) is 32.2. The molecule has 0 fully saturated rings. The van der Waals surface area contributed by atoms with Crippen LogP contribution in [0.2, 0.25) is 244 Å². The van der Waals surface area contributed by atoms with Crippen molar-refractivity contribution in [3.05, 3.63) is 0 Å². The lowest BCUT2D eigenvalue weighted by Crippen LogP contribution is -2.41. The summed E-state index contributed by atoms with van der Waals surface area (Å²) in [5.74, 6) is 0. The Morgan fingerprint density at radius 2 is 0.272 bits per heavy atom. The maximum atomic E-state index is 6.90. The molecule has 0 N–H and O–H groups in total. The largest absolute Gasteiger partial charge is 0.417 e. The van der Waals surface area contributed by atoms with Crippen LogP contribution in [0.3, 0.4) is 0 Å². The molecule has 0 amide bonds. The van der Waals surface area contributed by atoms with Gasteiger partial charge in [-0.3, -0.25) is 0 Å². The average molecular weight is 1980 g/mol. The second-order valence-electron chi connectivity index (χ2n) is 52.3. The van der Waals surface area contributed by atoms with Gasteiger partial charge >= 0.3 is 0 Å². The molecule has 0 rings (SSSR count). The van der Waals surface area contributed by atoms with Crippen molar-refractivity contribution in [1.82, 2.24) is 0 Å². The second-order valence-corrected chi connectivity index (χ2v) is 111. The van der Waals surface area contributed by atoms with Crippen LogP contribution in [0.1, 0.15) is 243 Å². The van der Waals surface area contributed by atoms with Crippen LogP contribution in [0.15, 0.2) is 0 Å². The first-order chi connectivity index (χ1) is 56.5. The smallest absolute Gasteiger partial charge is 0.191 e. The second kappa shape index (κ2) is 56.3. The molecule has 0 aromatic carbocycles. The van der Waals surface area contributed by atoms with E-state index in [1.54, 1.807) is 0 Å². The lowest BCUT2D eigenvalue weighted by molar-refractivity contribution is -0.0764. The summed E-state index contributed by atoms with van der Waals surface area (Å²) in [7, 11) is -21.3. The topological polar surface area (TPSA) is 138 Å². The van der Waals surface area contributed by atoms with Gasteiger partial charge in [-0.05, 0) is 222 Å². The van der Waals surface area contributed by atoms with Gasteiger partial charge in [0.25, 0.3) is 0 Å². The van der Waals surface area contributed by atoms with E-state index in [-0.39, 0.29) is 52.5 Å². The van der Waals surface area contributed by atoms with Gasteiger partial charge < -0.3 is 68.6 Å². The molecule has 0 heterocycles. The minimum absolute atomic E-state index is 0.179.